The number of ketones is 1. The first-order chi connectivity index (χ1) is 15.9. The van der Waals surface area contributed by atoms with Gasteiger partial charge < -0.3 is 30.3 Å². The second-order valence-corrected chi connectivity index (χ2v) is 8.96. The molecule has 7 heteroatoms. The molecule has 0 spiro atoms. The first-order valence-corrected chi connectivity index (χ1v) is 10.8. The predicted molar refractivity (Wildman–Crippen MR) is 128 cm³/mol. The molecule has 4 rings (SSSR count). The molecule has 7 nitrogen and oxygen atoms in total. The van der Waals surface area contributed by atoms with Gasteiger partial charge in [-0.1, -0.05) is 30.3 Å². The summed E-state index contributed by atoms with van der Waals surface area (Å²) in [6, 6.07) is 9.02. The van der Waals surface area contributed by atoms with Crippen molar-refractivity contribution in [1.82, 2.24) is 0 Å². The van der Waals surface area contributed by atoms with Crippen LogP contribution in [0.15, 0.2) is 36.4 Å². The first kappa shape index (κ1) is 23.0. The number of rotatable bonds is 4. The van der Waals surface area contributed by atoms with Crippen LogP contribution in [0.2, 0.25) is 0 Å². The van der Waals surface area contributed by atoms with Crippen molar-refractivity contribution in [2.75, 3.05) is 0 Å². The number of ether oxygens (including phenoxy) is 1. The van der Waals surface area contributed by atoms with Gasteiger partial charge in [0.05, 0.1) is 11.1 Å². The van der Waals surface area contributed by atoms with Crippen molar-refractivity contribution >= 4 is 11.9 Å². The maximum Gasteiger partial charge on any atom is 0.167 e. The Labute approximate surface area is 196 Å². The number of hydrogen-bond donors (Lipinski definition) is 5. The number of aromatic hydroxyl groups is 5. The maximum absolute atomic E-state index is 12.1. The molecular formula is C27H26O7. The Morgan fingerprint density at radius 3 is 2.12 bits per heavy atom. The highest BCUT2D eigenvalue weighted by molar-refractivity contribution is 6.01. The molecule has 5 N–H and O–H groups in total. The molecule has 1 aliphatic rings. The van der Waals surface area contributed by atoms with Gasteiger partial charge in [-0.05, 0) is 45.4 Å². The molecule has 0 atom stereocenters. The van der Waals surface area contributed by atoms with Crippen molar-refractivity contribution in [3.05, 3.63) is 64.2 Å². The third kappa shape index (κ3) is 3.59. The number of phenols is 5. The zero-order valence-electron chi connectivity index (χ0n) is 19.3. The predicted octanol–water partition coefficient (Wildman–Crippen LogP) is 5.17. The minimum absolute atomic E-state index is 0.00296. The molecular weight excluding hydrogens is 436 g/mol. The second kappa shape index (κ2) is 8.02. The molecule has 34 heavy (non-hydrogen) atoms. The molecule has 176 valence electrons. The van der Waals surface area contributed by atoms with E-state index in [-0.39, 0.29) is 40.2 Å². The Kier molecular flexibility index (Phi) is 5.44. The van der Waals surface area contributed by atoms with Gasteiger partial charge in [-0.15, -0.1) is 0 Å². The zero-order chi connectivity index (χ0) is 24.9. The van der Waals surface area contributed by atoms with Crippen LogP contribution in [-0.4, -0.2) is 36.9 Å². The molecule has 0 amide bonds. The second-order valence-electron chi connectivity index (χ2n) is 8.96. The summed E-state index contributed by atoms with van der Waals surface area (Å²) in [5.41, 5.74) is 0.232. The van der Waals surface area contributed by atoms with E-state index in [1.165, 1.54) is 13.8 Å². The topological polar surface area (TPSA) is 127 Å². The molecule has 3 aromatic rings. The number of hydrogen-bond acceptors (Lipinski definition) is 7. The Morgan fingerprint density at radius 2 is 1.50 bits per heavy atom. The average molecular weight is 462 g/mol. The van der Waals surface area contributed by atoms with E-state index in [1.807, 2.05) is 19.9 Å². The van der Waals surface area contributed by atoms with Gasteiger partial charge >= 0.3 is 0 Å². The summed E-state index contributed by atoms with van der Waals surface area (Å²) in [5, 5.41) is 54.2. The van der Waals surface area contributed by atoms with E-state index in [9.17, 15) is 30.3 Å². The van der Waals surface area contributed by atoms with Gasteiger partial charge in [-0.25, -0.2) is 0 Å². The van der Waals surface area contributed by atoms with Gasteiger partial charge in [-0.3, -0.25) is 4.79 Å². The lowest BCUT2D eigenvalue weighted by molar-refractivity contribution is 0.101. The highest BCUT2D eigenvalue weighted by Crippen LogP contribution is 2.53. The third-order valence-electron chi connectivity index (χ3n) is 6.08. The molecule has 0 aromatic heterocycles. The lowest BCUT2D eigenvalue weighted by Crippen LogP contribution is -2.28. The molecule has 0 saturated heterocycles. The van der Waals surface area contributed by atoms with Crippen molar-refractivity contribution in [2.24, 2.45) is 0 Å². The van der Waals surface area contributed by atoms with Crippen LogP contribution >= 0.6 is 0 Å². The van der Waals surface area contributed by atoms with E-state index >= 15 is 0 Å². The van der Waals surface area contributed by atoms with Crippen molar-refractivity contribution in [2.45, 2.75) is 39.7 Å². The van der Waals surface area contributed by atoms with Crippen LogP contribution in [0.1, 0.15) is 53.4 Å². The Morgan fingerprint density at radius 1 is 0.882 bits per heavy atom. The van der Waals surface area contributed by atoms with Crippen LogP contribution in [0.5, 0.6) is 34.5 Å². The van der Waals surface area contributed by atoms with Crippen LogP contribution in [0.4, 0.5) is 0 Å². The largest absolute Gasteiger partial charge is 0.507 e. The minimum atomic E-state index is -0.683. The minimum Gasteiger partial charge on any atom is -0.507 e. The van der Waals surface area contributed by atoms with E-state index in [0.717, 1.165) is 0 Å². The summed E-state index contributed by atoms with van der Waals surface area (Å²) in [7, 11) is 0. The van der Waals surface area contributed by atoms with E-state index in [2.05, 4.69) is 0 Å². The van der Waals surface area contributed by atoms with E-state index in [4.69, 9.17) is 4.74 Å². The lowest BCUT2D eigenvalue weighted by Gasteiger charge is -2.31. The highest BCUT2D eigenvalue weighted by atomic mass is 16.5. The number of carbonyl (C=O) groups excluding carboxylic acids is 1. The van der Waals surface area contributed by atoms with Gasteiger partial charge in [0.15, 0.2) is 5.78 Å². The van der Waals surface area contributed by atoms with Crippen LogP contribution in [0, 0.1) is 6.92 Å². The van der Waals surface area contributed by atoms with Crippen LogP contribution < -0.4 is 4.74 Å². The fraction of sp³-hybridized carbons (Fsp3) is 0.222. The Bertz CT molecular complexity index is 1350. The molecule has 0 unspecified atom stereocenters. The molecule has 0 aliphatic carbocycles. The maximum atomic E-state index is 12.1. The Balaban J connectivity index is 2.02. The fourth-order valence-electron chi connectivity index (χ4n) is 4.24. The molecule has 1 aliphatic heterocycles. The first-order valence-electron chi connectivity index (χ1n) is 10.8. The molecule has 0 fully saturated rings. The average Bonchev–Trinajstić information content (AvgIpc) is 2.77. The normalized spacial score (nSPS) is 13.9. The SMILES string of the molecule is CC(=O)c1c(O)c(C)c(O)c(Cc2c(O)c3c(c(-c4ccccc4)c2O)OC(C)(C)C=C3)c1O. The van der Waals surface area contributed by atoms with E-state index < -0.39 is 28.6 Å². The van der Waals surface area contributed by atoms with Gasteiger partial charge in [0.25, 0.3) is 0 Å². The lowest BCUT2D eigenvalue weighted by atomic mass is 9.88. The van der Waals surface area contributed by atoms with Gasteiger partial charge in [0, 0.05) is 23.1 Å². The summed E-state index contributed by atoms with van der Waals surface area (Å²) >= 11 is 0. The smallest absolute Gasteiger partial charge is 0.167 e. The summed E-state index contributed by atoms with van der Waals surface area (Å²) in [4.78, 5) is 12.1. The molecule has 0 saturated carbocycles. The highest BCUT2D eigenvalue weighted by Gasteiger charge is 2.33. The van der Waals surface area contributed by atoms with Crippen molar-refractivity contribution in [3.63, 3.8) is 0 Å². The zero-order valence-corrected chi connectivity index (χ0v) is 19.3. The monoisotopic (exact) mass is 462 g/mol. The van der Waals surface area contributed by atoms with Crippen molar-refractivity contribution in [3.8, 4) is 45.6 Å². The Hall–Kier alpha value is -4.13. The molecule has 1 heterocycles. The number of fused-ring (bicyclic) bond motifs is 1. The van der Waals surface area contributed by atoms with E-state index in [1.54, 1.807) is 36.4 Å². The standard InChI is InChI=1S/C27H26O7/c1-13-21(29)17(24(32)19(14(2)28)22(13)30)12-18-23(31)16-10-11-27(3,4)34-26(16)20(25(18)33)15-8-6-5-7-9-15/h5-11,29-33H,12H2,1-4H3. The number of benzene rings is 3. The number of phenolic OH excluding ortho intramolecular Hbond substituents is 5. The van der Waals surface area contributed by atoms with E-state index in [0.29, 0.717) is 22.4 Å². The van der Waals surface area contributed by atoms with Gasteiger partial charge in [0.1, 0.15) is 45.7 Å². The fourth-order valence-corrected chi connectivity index (χ4v) is 4.24. The molecule has 0 radical (unpaired) electrons. The third-order valence-corrected chi connectivity index (χ3v) is 6.08. The quantitative estimate of drug-likeness (QED) is 0.339. The summed E-state index contributed by atoms with van der Waals surface area (Å²) in [6.45, 7) is 6.28. The van der Waals surface area contributed by atoms with Gasteiger partial charge in [0.2, 0.25) is 0 Å². The summed E-state index contributed by atoms with van der Waals surface area (Å²) < 4.78 is 6.12. The summed E-state index contributed by atoms with van der Waals surface area (Å²) in [6.07, 6.45) is 3.16. The van der Waals surface area contributed by atoms with Crippen molar-refractivity contribution < 1.29 is 35.1 Å². The number of carbonyl (C=O) groups is 1. The number of Topliss-reactive ketones (excluding diaryl/α,β-unsaturated/α-hetero) is 1. The van der Waals surface area contributed by atoms with Crippen LogP contribution in [0.3, 0.4) is 0 Å². The molecule has 0 bridgehead atoms. The van der Waals surface area contributed by atoms with Crippen molar-refractivity contribution in [1.29, 1.82) is 0 Å². The molecule has 3 aromatic carbocycles. The van der Waals surface area contributed by atoms with Crippen LogP contribution in [0.25, 0.3) is 17.2 Å². The summed E-state index contributed by atoms with van der Waals surface area (Å²) in [5.74, 6) is -2.44. The van der Waals surface area contributed by atoms with Gasteiger partial charge in [-0.2, -0.15) is 0 Å². The van der Waals surface area contributed by atoms with Crippen LogP contribution in [-0.2, 0) is 6.42 Å².